The van der Waals surface area contributed by atoms with Crippen LogP contribution in [0.25, 0.3) is 0 Å². The number of fused-ring (bicyclic) bond motifs is 1. The summed E-state index contributed by atoms with van der Waals surface area (Å²) in [6.45, 7) is 0. The molecule has 1 N–H and O–H groups in total. The molecule has 2 amide bonds. The number of nitrogens with one attached hydrogen (secondary N) is 1. The monoisotopic (exact) mass is 510 g/mol. The number of ether oxygens (including phenoxy) is 4. The predicted octanol–water partition coefficient (Wildman–Crippen LogP) is 4.92. The first-order valence-corrected chi connectivity index (χ1v) is 11.5. The number of nitrogens with zero attached hydrogens (tertiary/aromatic N) is 1. The van der Waals surface area contributed by atoms with E-state index in [4.69, 9.17) is 30.5 Å². The van der Waals surface area contributed by atoms with Crippen molar-refractivity contribution in [2.24, 2.45) is 0 Å². The zero-order chi connectivity index (χ0) is 26.0. The van der Waals surface area contributed by atoms with E-state index >= 15 is 0 Å². The molecule has 0 unspecified atom stereocenters. The Kier molecular flexibility index (Phi) is 7.26. The van der Waals surface area contributed by atoms with Crippen LogP contribution >= 0.6 is 11.6 Å². The molecule has 0 fully saturated rings. The van der Waals surface area contributed by atoms with Gasteiger partial charge in [0.1, 0.15) is 11.5 Å². The van der Waals surface area contributed by atoms with E-state index in [0.29, 0.717) is 44.8 Å². The van der Waals surface area contributed by atoms with Crippen molar-refractivity contribution < 1.29 is 28.5 Å². The normalized spacial score (nSPS) is 16.7. The predicted molar refractivity (Wildman–Crippen MR) is 137 cm³/mol. The molecule has 2 atom stereocenters. The Morgan fingerprint density at radius 3 is 2.08 bits per heavy atom. The van der Waals surface area contributed by atoms with Crippen molar-refractivity contribution in [3.8, 4) is 23.0 Å². The zero-order valence-electron chi connectivity index (χ0n) is 20.6. The highest BCUT2D eigenvalue weighted by Crippen LogP contribution is 2.46. The molecule has 0 spiro atoms. The molecule has 0 aromatic heterocycles. The molecule has 4 rings (SSSR count). The van der Waals surface area contributed by atoms with Gasteiger partial charge >= 0.3 is 0 Å². The van der Waals surface area contributed by atoms with Crippen LogP contribution in [-0.2, 0) is 4.79 Å². The number of benzene rings is 3. The van der Waals surface area contributed by atoms with Gasteiger partial charge in [-0.3, -0.25) is 9.59 Å². The molecule has 8 nitrogen and oxygen atoms in total. The maximum atomic E-state index is 13.9. The van der Waals surface area contributed by atoms with E-state index in [1.165, 1.54) is 21.3 Å². The minimum atomic E-state index is -0.767. The number of methoxy groups -OCH3 is 4. The smallest absolute Gasteiger partial charge is 0.254 e. The average molecular weight is 511 g/mol. The van der Waals surface area contributed by atoms with Gasteiger partial charge < -0.3 is 29.2 Å². The quantitative estimate of drug-likeness (QED) is 0.485. The Morgan fingerprint density at radius 1 is 0.861 bits per heavy atom. The molecule has 3 aromatic carbocycles. The van der Waals surface area contributed by atoms with Gasteiger partial charge in [0.05, 0.1) is 45.4 Å². The summed E-state index contributed by atoms with van der Waals surface area (Å²) in [7, 11) is 7.79. The SMILES string of the molecule is COc1ccc([C@H]2[C@H](C(=O)Nc3ccc(OC)c(Cl)c3)c3cc(OC)c(OC)cc3C(=O)N2C)cc1. The molecule has 188 valence electrons. The minimum absolute atomic E-state index is 0.233. The van der Waals surface area contributed by atoms with Crippen molar-refractivity contribution >= 4 is 29.1 Å². The third-order valence-corrected chi connectivity index (χ3v) is 6.63. The Labute approximate surface area is 214 Å². The molecule has 3 aromatic rings. The fraction of sp³-hybridized carbons (Fsp3) is 0.259. The third kappa shape index (κ3) is 4.52. The molecule has 0 saturated heterocycles. The van der Waals surface area contributed by atoms with Crippen LogP contribution in [0.3, 0.4) is 0 Å². The van der Waals surface area contributed by atoms with Crippen LogP contribution in [0.15, 0.2) is 54.6 Å². The van der Waals surface area contributed by atoms with Crippen molar-refractivity contribution in [2.45, 2.75) is 12.0 Å². The van der Waals surface area contributed by atoms with Gasteiger partial charge in [-0.1, -0.05) is 23.7 Å². The highest BCUT2D eigenvalue weighted by molar-refractivity contribution is 6.32. The van der Waals surface area contributed by atoms with Gasteiger partial charge in [-0.15, -0.1) is 0 Å². The number of rotatable bonds is 7. The van der Waals surface area contributed by atoms with Crippen molar-refractivity contribution in [3.05, 3.63) is 76.3 Å². The molecule has 1 heterocycles. The lowest BCUT2D eigenvalue weighted by Gasteiger charge is -2.40. The number of carbonyl (C=O) groups excluding carboxylic acids is 2. The van der Waals surface area contributed by atoms with E-state index in [1.807, 2.05) is 12.1 Å². The highest BCUT2D eigenvalue weighted by Gasteiger charge is 2.43. The Hall–Kier alpha value is -3.91. The van der Waals surface area contributed by atoms with Crippen molar-refractivity contribution in [1.82, 2.24) is 4.90 Å². The summed E-state index contributed by atoms with van der Waals surface area (Å²) >= 11 is 6.28. The summed E-state index contributed by atoms with van der Waals surface area (Å²) in [4.78, 5) is 28.9. The first-order chi connectivity index (χ1) is 17.3. The number of carbonyl (C=O) groups is 2. The van der Waals surface area contributed by atoms with E-state index < -0.39 is 12.0 Å². The Morgan fingerprint density at radius 2 is 1.50 bits per heavy atom. The molecule has 1 aliphatic heterocycles. The summed E-state index contributed by atoms with van der Waals surface area (Å²) in [5, 5.41) is 3.32. The first-order valence-electron chi connectivity index (χ1n) is 11.1. The second-order valence-corrected chi connectivity index (χ2v) is 8.65. The molecule has 0 bridgehead atoms. The largest absolute Gasteiger partial charge is 0.497 e. The molecular formula is C27H27ClN2O6. The van der Waals surface area contributed by atoms with Crippen molar-refractivity contribution in [2.75, 3.05) is 40.8 Å². The van der Waals surface area contributed by atoms with E-state index in [9.17, 15) is 9.59 Å². The summed E-state index contributed by atoms with van der Waals surface area (Å²) in [6, 6.07) is 15.0. The highest BCUT2D eigenvalue weighted by atomic mass is 35.5. The topological polar surface area (TPSA) is 86.3 Å². The molecule has 1 aliphatic rings. The molecule has 0 saturated carbocycles. The van der Waals surface area contributed by atoms with E-state index in [0.717, 1.165) is 5.56 Å². The van der Waals surface area contributed by atoms with Gasteiger partial charge in [0.25, 0.3) is 5.91 Å². The second-order valence-electron chi connectivity index (χ2n) is 8.24. The maximum Gasteiger partial charge on any atom is 0.254 e. The van der Waals surface area contributed by atoms with Crippen LogP contribution in [0.5, 0.6) is 23.0 Å². The van der Waals surface area contributed by atoms with E-state index in [1.54, 1.807) is 61.5 Å². The number of likely N-dealkylation sites (N-methyl/N-ethyl adjacent to an activating group) is 1. The maximum absolute atomic E-state index is 13.9. The molecule has 36 heavy (non-hydrogen) atoms. The minimum Gasteiger partial charge on any atom is -0.497 e. The van der Waals surface area contributed by atoms with Gasteiger partial charge in [0.2, 0.25) is 5.91 Å². The summed E-state index contributed by atoms with van der Waals surface area (Å²) in [5.74, 6) is 0.680. The van der Waals surface area contributed by atoms with Crippen LogP contribution in [0.4, 0.5) is 5.69 Å². The molecule has 9 heteroatoms. The average Bonchev–Trinajstić information content (AvgIpc) is 2.89. The van der Waals surface area contributed by atoms with Gasteiger partial charge in [0, 0.05) is 18.3 Å². The van der Waals surface area contributed by atoms with Crippen LogP contribution in [0.1, 0.15) is 33.4 Å². The standard InChI is InChI=1S/C27H27ClN2O6/c1-30-25(15-6-9-17(33-2)10-7-15)24(26(31)29-16-8-11-21(34-3)20(28)12-16)18-13-22(35-4)23(36-5)14-19(18)27(30)32/h6-14,24-25H,1-5H3,(H,29,31)/t24-,25+/m1/s1. The van der Waals surface area contributed by atoms with Gasteiger partial charge in [0.15, 0.2) is 11.5 Å². The Balaban J connectivity index is 1.85. The zero-order valence-corrected chi connectivity index (χ0v) is 21.4. The number of anilines is 1. The summed E-state index contributed by atoms with van der Waals surface area (Å²) in [6.07, 6.45) is 0. The van der Waals surface area contributed by atoms with Gasteiger partial charge in [-0.05, 0) is 53.6 Å². The number of hydrogen-bond acceptors (Lipinski definition) is 6. The lowest BCUT2D eigenvalue weighted by molar-refractivity contribution is -0.119. The number of amides is 2. The van der Waals surface area contributed by atoms with Crippen molar-refractivity contribution in [1.29, 1.82) is 0 Å². The van der Waals surface area contributed by atoms with Crippen LogP contribution in [-0.4, -0.2) is 52.2 Å². The second kappa shape index (κ2) is 10.4. The fourth-order valence-electron chi connectivity index (χ4n) is 4.51. The van der Waals surface area contributed by atoms with E-state index in [2.05, 4.69) is 5.32 Å². The van der Waals surface area contributed by atoms with E-state index in [-0.39, 0.29) is 11.8 Å². The lowest BCUT2D eigenvalue weighted by atomic mass is 9.79. The molecule has 0 radical (unpaired) electrons. The number of halogens is 1. The van der Waals surface area contributed by atoms with Gasteiger partial charge in [-0.25, -0.2) is 0 Å². The molecule has 0 aliphatic carbocycles. The Bertz CT molecular complexity index is 1290. The lowest BCUT2D eigenvalue weighted by Crippen LogP contribution is -2.44. The summed E-state index contributed by atoms with van der Waals surface area (Å²) in [5.41, 5.74) is 2.18. The summed E-state index contributed by atoms with van der Waals surface area (Å²) < 4.78 is 21.4. The van der Waals surface area contributed by atoms with Crippen molar-refractivity contribution in [3.63, 3.8) is 0 Å². The first kappa shape index (κ1) is 25.2. The van der Waals surface area contributed by atoms with Gasteiger partial charge in [-0.2, -0.15) is 0 Å². The number of hydrogen-bond donors (Lipinski definition) is 1. The van der Waals surface area contributed by atoms with Crippen LogP contribution in [0, 0.1) is 0 Å². The van der Waals surface area contributed by atoms with Crippen LogP contribution < -0.4 is 24.3 Å². The third-order valence-electron chi connectivity index (χ3n) is 6.33. The van der Waals surface area contributed by atoms with Crippen LogP contribution in [0.2, 0.25) is 5.02 Å². The molecular weight excluding hydrogens is 484 g/mol. The fourth-order valence-corrected chi connectivity index (χ4v) is 4.77.